The van der Waals surface area contributed by atoms with Gasteiger partial charge in [-0.1, -0.05) is 17.3 Å². The molecule has 0 saturated heterocycles. The van der Waals surface area contributed by atoms with Crippen LogP contribution < -0.4 is 10.6 Å². The zero-order valence-electron chi connectivity index (χ0n) is 16.0. The first-order valence-electron chi connectivity index (χ1n) is 9.12. The number of carbonyl (C=O) groups is 1. The summed E-state index contributed by atoms with van der Waals surface area (Å²) in [7, 11) is 1.57. The van der Waals surface area contributed by atoms with E-state index in [0.29, 0.717) is 47.2 Å². The number of nitrogens with one attached hydrogen (secondary N) is 2. The topological polar surface area (TPSA) is 107 Å². The number of methoxy groups -OCH3 is 1. The van der Waals surface area contributed by atoms with Crippen molar-refractivity contribution in [3.63, 3.8) is 0 Å². The molecule has 0 spiro atoms. The summed E-state index contributed by atoms with van der Waals surface area (Å²) in [4.78, 5) is 20.9. The Morgan fingerprint density at radius 3 is 2.90 bits per heavy atom. The summed E-state index contributed by atoms with van der Waals surface area (Å²) in [6, 6.07) is 12.9. The molecule has 2 heterocycles. The van der Waals surface area contributed by atoms with Gasteiger partial charge in [0.05, 0.1) is 18.5 Å². The molecule has 0 unspecified atom stereocenters. The Balaban J connectivity index is 1.58. The monoisotopic (exact) mass is 407 g/mol. The quantitative estimate of drug-likeness (QED) is 0.453. The van der Waals surface area contributed by atoms with Gasteiger partial charge in [-0.2, -0.15) is 9.67 Å². The first-order valence-corrected chi connectivity index (χ1v) is 9.12. The molecule has 0 atom stereocenters. The molecule has 152 valence electrons. The molecule has 2 aromatic carbocycles. The van der Waals surface area contributed by atoms with E-state index in [2.05, 4.69) is 30.9 Å². The minimum absolute atomic E-state index is 0.208. The lowest BCUT2D eigenvalue weighted by molar-refractivity contribution is 0.0937. The first kappa shape index (κ1) is 19.4. The highest BCUT2D eigenvalue weighted by molar-refractivity contribution is 5.95. The van der Waals surface area contributed by atoms with Crippen LogP contribution >= 0.6 is 0 Å². The highest BCUT2D eigenvalue weighted by Crippen LogP contribution is 2.19. The van der Waals surface area contributed by atoms with Crippen molar-refractivity contribution in [2.45, 2.75) is 0 Å². The fourth-order valence-electron chi connectivity index (χ4n) is 2.81. The van der Waals surface area contributed by atoms with Crippen molar-refractivity contribution < 1.29 is 13.9 Å². The molecule has 0 saturated carbocycles. The van der Waals surface area contributed by atoms with Gasteiger partial charge in [-0.25, -0.2) is 9.37 Å². The van der Waals surface area contributed by atoms with Crippen molar-refractivity contribution in [3.05, 3.63) is 66.1 Å². The van der Waals surface area contributed by atoms with E-state index in [1.54, 1.807) is 43.5 Å². The molecule has 0 aliphatic heterocycles. The van der Waals surface area contributed by atoms with Gasteiger partial charge in [0.15, 0.2) is 11.2 Å². The predicted octanol–water partition coefficient (Wildman–Crippen LogP) is 2.47. The maximum Gasteiger partial charge on any atom is 0.251 e. The van der Waals surface area contributed by atoms with Crippen LogP contribution in [0.3, 0.4) is 0 Å². The van der Waals surface area contributed by atoms with Crippen LogP contribution in [0.5, 0.6) is 0 Å². The van der Waals surface area contributed by atoms with Crippen molar-refractivity contribution in [2.75, 3.05) is 25.6 Å². The number of amides is 1. The fraction of sp³-hybridized carbons (Fsp3) is 0.150. The van der Waals surface area contributed by atoms with Crippen LogP contribution in [-0.4, -0.2) is 51.1 Å². The summed E-state index contributed by atoms with van der Waals surface area (Å²) in [6.07, 6.45) is 1.52. The van der Waals surface area contributed by atoms with Crippen LogP contribution in [0, 0.1) is 5.82 Å². The van der Waals surface area contributed by atoms with E-state index in [9.17, 15) is 9.18 Å². The number of aromatic nitrogens is 5. The minimum Gasteiger partial charge on any atom is -0.383 e. The zero-order chi connectivity index (χ0) is 20.9. The van der Waals surface area contributed by atoms with Crippen molar-refractivity contribution >= 4 is 28.7 Å². The summed E-state index contributed by atoms with van der Waals surface area (Å²) < 4.78 is 19.9. The number of fused-ring (bicyclic) bond motifs is 1. The molecule has 9 nitrogen and oxygen atoms in total. The van der Waals surface area contributed by atoms with Crippen LogP contribution in [0.2, 0.25) is 0 Å². The normalized spacial score (nSPS) is 10.9. The second-order valence-electron chi connectivity index (χ2n) is 6.34. The van der Waals surface area contributed by atoms with Crippen molar-refractivity contribution in [3.8, 4) is 5.69 Å². The summed E-state index contributed by atoms with van der Waals surface area (Å²) in [5.41, 5.74) is 2.52. The molecule has 2 aromatic heterocycles. The van der Waals surface area contributed by atoms with Crippen LogP contribution in [0.25, 0.3) is 16.9 Å². The summed E-state index contributed by atoms with van der Waals surface area (Å²) in [6.45, 7) is 0.856. The van der Waals surface area contributed by atoms with Gasteiger partial charge in [-0.15, -0.1) is 5.10 Å². The van der Waals surface area contributed by atoms with Gasteiger partial charge in [-0.3, -0.25) is 4.79 Å². The van der Waals surface area contributed by atoms with Gasteiger partial charge in [0.25, 0.3) is 5.91 Å². The van der Waals surface area contributed by atoms with Crippen LogP contribution in [0.15, 0.2) is 54.7 Å². The minimum atomic E-state index is -0.385. The highest BCUT2D eigenvalue weighted by atomic mass is 19.1. The van der Waals surface area contributed by atoms with E-state index >= 15 is 0 Å². The number of halogens is 1. The average Bonchev–Trinajstić information content (AvgIpc) is 3.17. The van der Waals surface area contributed by atoms with E-state index in [1.807, 2.05) is 0 Å². The van der Waals surface area contributed by atoms with Crippen molar-refractivity contribution in [2.24, 2.45) is 0 Å². The van der Waals surface area contributed by atoms with E-state index in [0.717, 1.165) is 0 Å². The molecule has 2 N–H and O–H groups in total. The first-order chi connectivity index (χ1) is 14.6. The second kappa shape index (κ2) is 8.62. The van der Waals surface area contributed by atoms with Crippen LogP contribution in [0.1, 0.15) is 10.4 Å². The Hall–Kier alpha value is -3.92. The summed E-state index contributed by atoms with van der Waals surface area (Å²) in [5, 5.41) is 13.9. The highest BCUT2D eigenvalue weighted by Gasteiger charge is 2.12. The van der Waals surface area contributed by atoms with Gasteiger partial charge >= 0.3 is 0 Å². The Bertz CT molecular complexity index is 1190. The standard InChI is InChI=1S/C20H18FN7O2/c1-30-9-8-22-19(29)13-4-2-6-15(10-13)24-20-23-12-17-18(25-20)28(27-26-17)16-7-3-5-14(21)11-16/h2-7,10-12H,8-9H2,1H3,(H,22,29)(H,23,24,25). The number of ether oxygens (including phenoxy) is 1. The molecular weight excluding hydrogens is 389 g/mol. The molecule has 0 fully saturated rings. The number of benzene rings is 2. The lowest BCUT2D eigenvalue weighted by Crippen LogP contribution is -2.26. The Kier molecular flexibility index (Phi) is 5.57. The number of rotatable bonds is 7. The fourth-order valence-corrected chi connectivity index (χ4v) is 2.81. The molecule has 0 aliphatic rings. The van der Waals surface area contributed by atoms with Gasteiger partial charge in [0.1, 0.15) is 5.82 Å². The van der Waals surface area contributed by atoms with Crippen LogP contribution in [-0.2, 0) is 4.74 Å². The summed E-state index contributed by atoms with van der Waals surface area (Å²) >= 11 is 0. The van der Waals surface area contributed by atoms with E-state index in [1.165, 1.54) is 23.0 Å². The molecule has 4 rings (SSSR count). The second-order valence-corrected chi connectivity index (χ2v) is 6.34. The molecular formula is C20H18FN7O2. The van der Waals surface area contributed by atoms with E-state index < -0.39 is 0 Å². The zero-order valence-corrected chi connectivity index (χ0v) is 16.0. The van der Waals surface area contributed by atoms with E-state index in [4.69, 9.17) is 4.74 Å². The Morgan fingerprint density at radius 2 is 2.07 bits per heavy atom. The molecule has 30 heavy (non-hydrogen) atoms. The lowest BCUT2D eigenvalue weighted by Gasteiger charge is -2.08. The smallest absolute Gasteiger partial charge is 0.251 e. The summed E-state index contributed by atoms with van der Waals surface area (Å²) in [5.74, 6) is -0.302. The molecule has 0 aliphatic carbocycles. The number of carbonyl (C=O) groups excluding carboxylic acids is 1. The van der Waals surface area contributed by atoms with Gasteiger partial charge in [-0.05, 0) is 36.4 Å². The third-order valence-electron chi connectivity index (χ3n) is 4.22. The van der Waals surface area contributed by atoms with Gasteiger partial charge in [0, 0.05) is 24.9 Å². The van der Waals surface area contributed by atoms with Crippen molar-refractivity contribution in [1.82, 2.24) is 30.3 Å². The number of hydrogen-bond acceptors (Lipinski definition) is 7. The number of anilines is 2. The lowest BCUT2D eigenvalue weighted by atomic mass is 10.2. The largest absolute Gasteiger partial charge is 0.383 e. The number of hydrogen-bond donors (Lipinski definition) is 2. The van der Waals surface area contributed by atoms with E-state index in [-0.39, 0.29) is 11.7 Å². The maximum absolute atomic E-state index is 13.6. The average molecular weight is 407 g/mol. The van der Waals surface area contributed by atoms with Gasteiger partial charge in [0.2, 0.25) is 5.95 Å². The van der Waals surface area contributed by atoms with Gasteiger partial charge < -0.3 is 15.4 Å². The molecule has 0 radical (unpaired) electrons. The third-order valence-corrected chi connectivity index (χ3v) is 4.22. The molecule has 0 bridgehead atoms. The molecule has 1 amide bonds. The SMILES string of the molecule is COCCNC(=O)c1cccc(Nc2ncc3nnn(-c4cccc(F)c4)c3n2)c1. The molecule has 4 aromatic rings. The molecule has 10 heteroatoms. The number of nitrogens with zero attached hydrogens (tertiary/aromatic N) is 5. The third kappa shape index (κ3) is 4.23. The maximum atomic E-state index is 13.6. The Morgan fingerprint density at radius 1 is 1.20 bits per heavy atom. The predicted molar refractivity (Wildman–Crippen MR) is 108 cm³/mol. The van der Waals surface area contributed by atoms with Crippen LogP contribution in [0.4, 0.5) is 16.0 Å². The Labute approximate surface area is 170 Å². The van der Waals surface area contributed by atoms with Crippen molar-refractivity contribution in [1.29, 1.82) is 0 Å².